The van der Waals surface area contributed by atoms with Gasteiger partial charge in [-0.1, -0.05) is 0 Å². The van der Waals surface area contributed by atoms with Gasteiger partial charge < -0.3 is 25.7 Å². The molecular weight excluding hydrogens is 561 g/mol. The van der Waals surface area contributed by atoms with E-state index >= 15 is 0 Å². The summed E-state index contributed by atoms with van der Waals surface area (Å²) in [7, 11) is 0. The molecule has 1 aromatic heterocycles. The minimum Gasteiger partial charge on any atom is -0.475 e. The number of hydrogen-bond acceptors (Lipinski definition) is 7. The molecule has 1 amide bonds. The number of halogens is 9. The zero-order chi connectivity index (χ0) is 30.2. The highest BCUT2D eigenvalue weighted by molar-refractivity contribution is 5.83. The molecule has 0 bridgehead atoms. The molecule has 0 saturated carbocycles. The van der Waals surface area contributed by atoms with Crippen molar-refractivity contribution in [2.24, 2.45) is 0 Å². The Bertz CT molecular complexity index is 1010. The molecule has 2 aliphatic rings. The molecule has 0 aliphatic carbocycles. The number of anilines is 1. The zero-order valence-electron chi connectivity index (χ0n) is 19.4. The molecule has 3 heterocycles. The molecule has 4 N–H and O–H groups in total. The van der Waals surface area contributed by atoms with Gasteiger partial charge in [-0.2, -0.15) is 44.8 Å². The van der Waals surface area contributed by atoms with Gasteiger partial charge in [0, 0.05) is 25.3 Å². The molecule has 10 nitrogen and oxygen atoms in total. The standard InChI is InChI=1S/C16H18F3N5O.2C2HF3O2/c17-16(18,19)10-3-4-14(22-8-10)23-11-6-13(21-9-11)15(25)24-5-1-2-12(24)7-20;2*3-2(4,5)1(6)7/h3-4,8,11-13,21H,1-2,5-6,9H2,(H,22,23);2*(H,6,7)/t11-,12-,13-;;/m0../s1. The summed E-state index contributed by atoms with van der Waals surface area (Å²) >= 11 is 0. The van der Waals surface area contributed by atoms with Crippen LogP contribution in [0, 0.1) is 11.3 Å². The number of hydrogen-bond donors (Lipinski definition) is 4. The smallest absolute Gasteiger partial charge is 0.475 e. The van der Waals surface area contributed by atoms with Gasteiger partial charge in [-0.15, -0.1) is 0 Å². The van der Waals surface area contributed by atoms with Gasteiger partial charge in [0.1, 0.15) is 11.9 Å². The fourth-order valence-electron chi connectivity index (χ4n) is 3.25. The number of pyridine rings is 1. The topological polar surface area (TPSA) is 156 Å². The maximum Gasteiger partial charge on any atom is 0.490 e. The highest BCUT2D eigenvalue weighted by Crippen LogP contribution is 2.29. The second-order valence-corrected chi connectivity index (χ2v) is 7.89. The van der Waals surface area contributed by atoms with Crippen LogP contribution in [0.1, 0.15) is 24.8 Å². The summed E-state index contributed by atoms with van der Waals surface area (Å²) in [6.07, 6.45) is -11.8. The average molecular weight is 581 g/mol. The van der Waals surface area contributed by atoms with E-state index in [2.05, 4.69) is 21.7 Å². The molecule has 19 heteroatoms. The number of carboxylic acids is 2. The first-order valence-electron chi connectivity index (χ1n) is 10.6. The molecule has 0 spiro atoms. The van der Waals surface area contributed by atoms with Gasteiger partial charge in [-0.05, 0) is 31.4 Å². The Hall–Kier alpha value is -3.82. The first-order valence-corrected chi connectivity index (χ1v) is 10.6. The third kappa shape index (κ3) is 10.8. The van der Waals surface area contributed by atoms with Crippen molar-refractivity contribution in [3.63, 3.8) is 0 Å². The number of likely N-dealkylation sites (tertiary alicyclic amines) is 1. The maximum atomic E-state index is 12.5. The minimum atomic E-state index is -5.08. The Balaban J connectivity index is 0.000000449. The molecule has 2 aliphatic heterocycles. The Labute approximate surface area is 213 Å². The van der Waals surface area contributed by atoms with Gasteiger partial charge in [-0.3, -0.25) is 4.79 Å². The Morgan fingerprint density at radius 3 is 1.97 bits per heavy atom. The van der Waals surface area contributed by atoms with Crippen molar-refractivity contribution in [1.82, 2.24) is 15.2 Å². The molecule has 3 rings (SSSR count). The zero-order valence-corrected chi connectivity index (χ0v) is 19.4. The van der Waals surface area contributed by atoms with Crippen molar-refractivity contribution in [1.29, 1.82) is 5.26 Å². The average Bonchev–Trinajstić information content (AvgIpc) is 3.47. The molecule has 2 fully saturated rings. The Kier molecular flexibility index (Phi) is 11.3. The Morgan fingerprint density at radius 2 is 1.56 bits per heavy atom. The van der Waals surface area contributed by atoms with Gasteiger partial charge in [0.25, 0.3) is 0 Å². The van der Waals surface area contributed by atoms with Crippen LogP contribution in [-0.4, -0.2) is 81.5 Å². The lowest BCUT2D eigenvalue weighted by molar-refractivity contribution is -0.193. The summed E-state index contributed by atoms with van der Waals surface area (Å²) in [5, 5.41) is 29.5. The molecule has 39 heavy (non-hydrogen) atoms. The summed E-state index contributed by atoms with van der Waals surface area (Å²) in [6, 6.07) is 3.54. The second kappa shape index (κ2) is 13.3. The lowest BCUT2D eigenvalue weighted by Crippen LogP contribution is -2.45. The second-order valence-electron chi connectivity index (χ2n) is 7.89. The van der Waals surface area contributed by atoms with Crippen LogP contribution in [0.2, 0.25) is 0 Å². The summed E-state index contributed by atoms with van der Waals surface area (Å²) in [5.74, 6) is -5.27. The van der Waals surface area contributed by atoms with Crippen LogP contribution in [0.3, 0.4) is 0 Å². The van der Waals surface area contributed by atoms with E-state index in [1.165, 1.54) is 6.07 Å². The number of rotatable bonds is 3. The van der Waals surface area contributed by atoms with Crippen LogP contribution in [0.5, 0.6) is 0 Å². The number of carbonyl (C=O) groups excluding carboxylic acids is 1. The van der Waals surface area contributed by atoms with Gasteiger partial charge >= 0.3 is 30.5 Å². The SMILES string of the molecule is N#C[C@@H]1CCCN1C(=O)[C@@H]1C[C@H](Nc2ccc(C(F)(F)F)cn2)CN1.O=C(O)C(F)(F)F.O=C(O)C(F)(F)F. The molecule has 1 aromatic rings. The molecule has 218 valence electrons. The lowest BCUT2D eigenvalue weighted by atomic mass is 10.1. The maximum absolute atomic E-state index is 12.5. The number of alkyl halides is 9. The van der Waals surface area contributed by atoms with E-state index in [4.69, 9.17) is 25.1 Å². The van der Waals surface area contributed by atoms with Gasteiger partial charge in [-0.25, -0.2) is 14.6 Å². The van der Waals surface area contributed by atoms with E-state index in [-0.39, 0.29) is 24.0 Å². The van der Waals surface area contributed by atoms with Crippen LogP contribution in [0.15, 0.2) is 18.3 Å². The van der Waals surface area contributed by atoms with Crippen molar-refractivity contribution in [2.45, 2.75) is 55.9 Å². The van der Waals surface area contributed by atoms with Gasteiger partial charge in [0.2, 0.25) is 5.91 Å². The predicted molar refractivity (Wildman–Crippen MR) is 111 cm³/mol. The third-order valence-electron chi connectivity index (χ3n) is 5.04. The summed E-state index contributed by atoms with van der Waals surface area (Å²) in [6.45, 7) is 1.10. The van der Waals surface area contributed by atoms with E-state index in [9.17, 15) is 44.3 Å². The van der Waals surface area contributed by atoms with E-state index in [0.717, 1.165) is 18.7 Å². The van der Waals surface area contributed by atoms with Crippen LogP contribution in [0.4, 0.5) is 45.3 Å². The number of nitriles is 1. The van der Waals surface area contributed by atoms with Crippen molar-refractivity contribution in [3.8, 4) is 6.07 Å². The normalized spacial score (nSPS) is 21.0. The number of carboxylic acid groups (broad SMARTS) is 2. The Morgan fingerprint density at radius 1 is 1.03 bits per heavy atom. The molecule has 0 unspecified atom stereocenters. The third-order valence-corrected chi connectivity index (χ3v) is 5.04. The number of aliphatic carboxylic acids is 2. The fourth-order valence-corrected chi connectivity index (χ4v) is 3.25. The van der Waals surface area contributed by atoms with Crippen molar-refractivity contribution in [2.75, 3.05) is 18.4 Å². The van der Waals surface area contributed by atoms with E-state index in [1.54, 1.807) is 4.90 Å². The van der Waals surface area contributed by atoms with Crippen LogP contribution in [-0.2, 0) is 20.6 Å². The van der Waals surface area contributed by atoms with Crippen molar-refractivity contribution < 1.29 is 64.1 Å². The largest absolute Gasteiger partial charge is 0.490 e. The highest BCUT2D eigenvalue weighted by Gasteiger charge is 2.39. The van der Waals surface area contributed by atoms with Crippen LogP contribution < -0.4 is 10.6 Å². The number of carbonyl (C=O) groups is 3. The minimum absolute atomic E-state index is 0.0891. The van der Waals surface area contributed by atoms with Gasteiger partial charge in [0.05, 0.1) is 17.7 Å². The van der Waals surface area contributed by atoms with E-state index < -0.39 is 36.0 Å². The lowest BCUT2D eigenvalue weighted by Gasteiger charge is -2.23. The van der Waals surface area contributed by atoms with Crippen molar-refractivity contribution in [3.05, 3.63) is 23.9 Å². The van der Waals surface area contributed by atoms with Crippen LogP contribution in [0.25, 0.3) is 0 Å². The molecule has 3 atom stereocenters. The quantitative estimate of drug-likeness (QED) is 0.394. The fraction of sp³-hybridized carbons (Fsp3) is 0.550. The van der Waals surface area contributed by atoms with Crippen molar-refractivity contribution >= 4 is 23.7 Å². The molecular formula is C20H20F9N5O5. The number of nitrogens with one attached hydrogen (secondary N) is 2. The monoisotopic (exact) mass is 581 g/mol. The van der Waals surface area contributed by atoms with E-state index in [0.29, 0.717) is 31.7 Å². The summed E-state index contributed by atoms with van der Waals surface area (Å²) in [5.41, 5.74) is -0.799. The molecule has 2 saturated heterocycles. The van der Waals surface area contributed by atoms with Gasteiger partial charge in [0.15, 0.2) is 0 Å². The van der Waals surface area contributed by atoms with Crippen LogP contribution >= 0.6 is 0 Å². The molecule has 0 aromatic carbocycles. The highest BCUT2D eigenvalue weighted by atomic mass is 19.4. The number of amides is 1. The summed E-state index contributed by atoms with van der Waals surface area (Å²) < 4.78 is 101. The first kappa shape index (κ1) is 33.2. The molecule has 0 radical (unpaired) electrons. The predicted octanol–water partition coefficient (Wildman–Crippen LogP) is 3.02. The summed E-state index contributed by atoms with van der Waals surface area (Å²) in [4.78, 5) is 35.7. The number of nitrogens with zero attached hydrogens (tertiary/aromatic N) is 3. The van der Waals surface area contributed by atoms with E-state index in [1.807, 2.05) is 0 Å². The number of aromatic nitrogens is 1. The first-order chi connectivity index (χ1) is 17.8.